The van der Waals surface area contributed by atoms with Crippen LogP contribution in [0.2, 0.25) is 5.02 Å². The fraction of sp³-hybridized carbons (Fsp3) is 0.452. The van der Waals surface area contributed by atoms with Crippen molar-refractivity contribution in [1.82, 2.24) is 10.6 Å². The Morgan fingerprint density at radius 1 is 1.21 bits per heavy atom. The number of amides is 1. The second kappa shape index (κ2) is 14.3. The average molecular weight is 557 g/mol. The average Bonchev–Trinajstić information content (AvgIpc) is 3.13. The van der Waals surface area contributed by atoms with E-state index in [9.17, 15) is 19.5 Å². The molecule has 8 heteroatoms. The predicted octanol–water partition coefficient (Wildman–Crippen LogP) is 5.37. The van der Waals surface area contributed by atoms with Gasteiger partial charge in [0.25, 0.3) is 0 Å². The second-order valence-corrected chi connectivity index (χ2v) is 11.1. The highest BCUT2D eigenvalue weighted by Crippen LogP contribution is 2.56. The first-order chi connectivity index (χ1) is 18.4. The molecule has 1 saturated carbocycles. The number of ether oxygens (including phenoxy) is 1. The van der Waals surface area contributed by atoms with Crippen molar-refractivity contribution in [3.63, 3.8) is 0 Å². The van der Waals surface area contributed by atoms with Gasteiger partial charge < -0.3 is 25.3 Å². The number of carbonyl (C=O) groups excluding carboxylic acids is 2. The van der Waals surface area contributed by atoms with Gasteiger partial charge in [0.2, 0.25) is 5.91 Å². The minimum atomic E-state index is -1.05. The molecule has 3 rings (SSSR count). The summed E-state index contributed by atoms with van der Waals surface area (Å²) >= 11 is 6.26. The fourth-order valence-corrected chi connectivity index (χ4v) is 5.14. The number of aryl methyl sites for hydroxylation is 1. The number of hydrogen-bond donors (Lipinski definition) is 3. The van der Waals surface area contributed by atoms with Crippen LogP contribution in [0, 0.1) is 23.7 Å². The second-order valence-electron chi connectivity index (χ2n) is 10.7. The number of carboxylic acid groups (broad SMARTS) is 1. The molecule has 0 heterocycles. The maximum atomic E-state index is 13.1. The molecule has 0 bridgehead atoms. The van der Waals surface area contributed by atoms with E-state index in [0.29, 0.717) is 30.3 Å². The Balaban J connectivity index is 0.000000976. The lowest BCUT2D eigenvalue weighted by molar-refractivity contribution is -0.143. The first kappa shape index (κ1) is 32.1. The number of likely N-dealkylation sites (N-methyl/N-ethyl adjacent to an activating group) is 1. The largest absolute Gasteiger partial charge is 0.489 e. The summed E-state index contributed by atoms with van der Waals surface area (Å²) in [6.07, 6.45) is 4.50. The molecule has 39 heavy (non-hydrogen) atoms. The zero-order valence-corrected chi connectivity index (χ0v) is 24.3. The van der Waals surface area contributed by atoms with Crippen molar-refractivity contribution in [2.75, 3.05) is 13.6 Å². The van der Waals surface area contributed by atoms with E-state index in [4.69, 9.17) is 16.3 Å². The van der Waals surface area contributed by atoms with E-state index in [1.54, 1.807) is 19.2 Å². The Morgan fingerprint density at radius 2 is 1.87 bits per heavy atom. The van der Waals surface area contributed by atoms with Crippen molar-refractivity contribution in [1.29, 1.82) is 0 Å². The van der Waals surface area contributed by atoms with Crippen LogP contribution >= 0.6 is 11.6 Å². The van der Waals surface area contributed by atoms with Crippen LogP contribution in [0.15, 0.2) is 55.1 Å². The summed E-state index contributed by atoms with van der Waals surface area (Å²) in [5.41, 5.74) is 2.33. The Labute approximate surface area is 237 Å². The molecule has 1 fully saturated rings. The molecule has 2 aromatic carbocycles. The smallest absolute Gasteiger partial charge is 0.326 e. The van der Waals surface area contributed by atoms with Crippen molar-refractivity contribution in [2.24, 2.45) is 16.7 Å². The maximum absolute atomic E-state index is 13.1. The highest BCUT2D eigenvalue weighted by molar-refractivity contribution is 6.31. The van der Waals surface area contributed by atoms with Crippen LogP contribution in [-0.4, -0.2) is 42.9 Å². The van der Waals surface area contributed by atoms with Gasteiger partial charge in [-0.2, -0.15) is 0 Å². The highest BCUT2D eigenvalue weighted by atomic mass is 35.5. The summed E-state index contributed by atoms with van der Waals surface area (Å²) in [7, 11) is 1.73. The third-order valence-corrected chi connectivity index (χ3v) is 8.42. The van der Waals surface area contributed by atoms with Crippen LogP contribution in [0.25, 0.3) is 0 Å². The van der Waals surface area contributed by atoms with Gasteiger partial charge in [-0.15, -0.1) is 6.58 Å². The summed E-state index contributed by atoms with van der Waals surface area (Å²) in [4.78, 5) is 34.3. The molecule has 0 radical (unpaired) electrons. The number of benzene rings is 2. The number of carbonyl (C=O) groups is 3. The van der Waals surface area contributed by atoms with Crippen LogP contribution in [0.5, 0.6) is 5.75 Å². The molecular weight excluding hydrogens is 516 g/mol. The van der Waals surface area contributed by atoms with Gasteiger partial charge in [0.05, 0.1) is 6.54 Å². The number of carboxylic acids is 1. The minimum Gasteiger partial charge on any atom is -0.489 e. The topological polar surface area (TPSA) is 105 Å². The molecule has 0 unspecified atom stereocenters. The van der Waals surface area contributed by atoms with E-state index < -0.39 is 12.0 Å². The lowest BCUT2D eigenvalue weighted by Gasteiger charge is -2.39. The predicted molar refractivity (Wildman–Crippen MR) is 155 cm³/mol. The number of rotatable bonds is 11. The quantitative estimate of drug-likeness (QED) is 0.254. The molecule has 0 saturated heterocycles. The molecule has 1 amide bonds. The van der Waals surface area contributed by atoms with E-state index in [0.717, 1.165) is 29.4 Å². The van der Waals surface area contributed by atoms with Crippen LogP contribution in [0.4, 0.5) is 0 Å². The van der Waals surface area contributed by atoms with Crippen molar-refractivity contribution >= 4 is 29.8 Å². The van der Waals surface area contributed by atoms with E-state index in [1.807, 2.05) is 43.3 Å². The van der Waals surface area contributed by atoms with Crippen molar-refractivity contribution in [2.45, 2.75) is 59.6 Å². The summed E-state index contributed by atoms with van der Waals surface area (Å²) in [5, 5.41) is 15.8. The Bertz CT molecular complexity index is 1130. The van der Waals surface area contributed by atoms with E-state index in [1.165, 1.54) is 0 Å². The van der Waals surface area contributed by atoms with Crippen LogP contribution in [-0.2, 0) is 27.4 Å². The molecule has 2 aromatic rings. The van der Waals surface area contributed by atoms with Gasteiger partial charge in [0.1, 0.15) is 24.7 Å². The molecule has 212 valence electrons. The normalized spacial score (nSPS) is 20.2. The van der Waals surface area contributed by atoms with Crippen LogP contribution in [0.1, 0.15) is 50.3 Å². The van der Waals surface area contributed by atoms with Gasteiger partial charge in [-0.25, -0.2) is 4.79 Å². The standard InChI is InChI=1S/C28H34ClNO4.C3H7NO/c1-6-28(5)15-14-22(27(28,3)4)25(31)30-24(26(32)33)16-19-10-12-20(13-11-19)34-17-21-18(2)8-7-9-23(21)29;1-4-2-3-5/h6-13,22,24H,1,14-17H2,2-5H3,(H,30,31)(H,32,33);3-4H,2H2,1H3/t22-,24+,28-;/m1./s1. The van der Waals surface area contributed by atoms with E-state index in [2.05, 4.69) is 38.0 Å². The van der Waals surface area contributed by atoms with Crippen LogP contribution < -0.4 is 15.4 Å². The van der Waals surface area contributed by atoms with Crippen LogP contribution in [0.3, 0.4) is 0 Å². The summed E-state index contributed by atoms with van der Waals surface area (Å²) in [6, 6.07) is 12.0. The Hall–Kier alpha value is -3.16. The molecule has 1 aliphatic carbocycles. The summed E-state index contributed by atoms with van der Waals surface area (Å²) < 4.78 is 5.87. The Morgan fingerprint density at radius 3 is 2.36 bits per heavy atom. The summed E-state index contributed by atoms with van der Waals surface area (Å²) in [6.45, 7) is 13.0. The Kier molecular flexibility index (Phi) is 11.7. The molecule has 1 aliphatic rings. The number of aliphatic carboxylic acids is 1. The molecule has 7 nitrogen and oxygen atoms in total. The number of hydrogen-bond acceptors (Lipinski definition) is 5. The van der Waals surface area contributed by atoms with E-state index >= 15 is 0 Å². The monoisotopic (exact) mass is 556 g/mol. The minimum absolute atomic E-state index is 0.161. The van der Waals surface area contributed by atoms with Gasteiger partial charge in [-0.3, -0.25) is 4.79 Å². The number of aldehydes is 1. The third kappa shape index (κ3) is 8.16. The van der Waals surface area contributed by atoms with Gasteiger partial charge in [0.15, 0.2) is 0 Å². The number of halogens is 1. The van der Waals surface area contributed by atoms with Gasteiger partial charge in [0, 0.05) is 22.9 Å². The summed E-state index contributed by atoms with van der Waals surface area (Å²) in [5.74, 6) is -0.861. The number of nitrogens with one attached hydrogen (secondary N) is 2. The zero-order valence-electron chi connectivity index (χ0n) is 23.6. The maximum Gasteiger partial charge on any atom is 0.326 e. The highest BCUT2D eigenvalue weighted by Gasteiger charge is 2.52. The number of allylic oxidation sites excluding steroid dienone is 1. The fourth-order valence-electron chi connectivity index (χ4n) is 4.87. The molecule has 0 aromatic heterocycles. The van der Waals surface area contributed by atoms with Gasteiger partial charge in [-0.05, 0) is 67.0 Å². The first-order valence-electron chi connectivity index (χ1n) is 13.1. The van der Waals surface area contributed by atoms with Crippen molar-refractivity contribution < 1.29 is 24.2 Å². The molecular formula is C31H41ClN2O5. The molecule has 0 spiro atoms. The van der Waals surface area contributed by atoms with Crippen molar-refractivity contribution in [3.05, 3.63) is 76.8 Å². The lowest BCUT2D eigenvalue weighted by atomic mass is 9.65. The first-order valence-corrected chi connectivity index (χ1v) is 13.5. The molecule has 3 atom stereocenters. The molecule has 0 aliphatic heterocycles. The SMILES string of the molecule is C=C[C@]1(C)CC[C@H](C(=O)N[C@@H](Cc2ccc(OCc3c(C)cccc3Cl)cc2)C(=O)O)C1(C)C.CNCC=O. The molecule has 3 N–H and O–H groups in total. The third-order valence-electron chi connectivity index (χ3n) is 8.06. The van der Waals surface area contributed by atoms with Crippen molar-refractivity contribution in [3.8, 4) is 5.75 Å². The zero-order chi connectivity index (χ0) is 29.2. The van der Waals surface area contributed by atoms with E-state index in [-0.39, 0.29) is 29.1 Å². The van der Waals surface area contributed by atoms with Gasteiger partial charge >= 0.3 is 5.97 Å². The van der Waals surface area contributed by atoms with Gasteiger partial charge in [-0.1, -0.05) is 62.7 Å². The lowest BCUT2D eigenvalue weighted by Crippen LogP contribution is -2.48.